The van der Waals surface area contributed by atoms with Gasteiger partial charge in [0.2, 0.25) is 0 Å². The molecule has 11 heavy (non-hydrogen) atoms. The van der Waals surface area contributed by atoms with Gasteiger partial charge in [-0.1, -0.05) is 19.3 Å². The van der Waals surface area contributed by atoms with Gasteiger partial charge < -0.3 is 5.11 Å². The van der Waals surface area contributed by atoms with Crippen molar-refractivity contribution in [2.24, 2.45) is 17.8 Å². The number of hydrogen-bond acceptors (Lipinski definition) is 1. The first-order valence-corrected chi connectivity index (χ1v) is 4.99. The number of aliphatic hydroxyl groups excluding tert-OH is 1. The second-order valence-corrected chi connectivity index (χ2v) is 4.42. The summed E-state index contributed by atoms with van der Waals surface area (Å²) in [6.45, 7) is 0.432. The van der Waals surface area contributed by atoms with E-state index in [1.807, 2.05) is 0 Å². The average molecular weight is 154 g/mol. The van der Waals surface area contributed by atoms with Gasteiger partial charge in [0.25, 0.3) is 0 Å². The maximum Gasteiger partial charge on any atom is 0.0459 e. The molecule has 2 rings (SSSR count). The van der Waals surface area contributed by atoms with Crippen LogP contribution in [0.1, 0.15) is 38.5 Å². The van der Waals surface area contributed by atoms with E-state index in [0.717, 1.165) is 11.8 Å². The quantitative estimate of drug-likeness (QED) is 0.660. The fourth-order valence-corrected chi connectivity index (χ4v) is 2.42. The molecule has 0 saturated heterocycles. The van der Waals surface area contributed by atoms with Crippen LogP contribution >= 0.6 is 0 Å². The molecule has 0 spiro atoms. The zero-order valence-electron chi connectivity index (χ0n) is 7.13. The molecule has 2 aliphatic carbocycles. The van der Waals surface area contributed by atoms with Gasteiger partial charge in [0.05, 0.1) is 0 Å². The molecular formula is C10H18O. The summed E-state index contributed by atoms with van der Waals surface area (Å²) in [6, 6.07) is 0. The highest BCUT2D eigenvalue weighted by molar-refractivity contribution is 4.83. The van der Waals surface area contributed by atoms with Crippen molar-refractivity contribution in [3.8, 4) is 0 Å². The molecule has 2 aliphatic rings. The van der Waals surface area contributed by atoms with Crippen molar-refractivity contribution in [2.45, 2.75) is 38.5 Å². The molecule has 1 nitrogen and oxygen atoms in total. The Hall–Kier alpha value is -0.0400. The van der Waals surface area contributed by atoms with Gasteiger partial charge >= 0.3 is 0 Å². The van der Waals surface area contributed by atoms with E-state index in [1.54, 1.807) is 0 Å². The molecule has 0 aromatic heterocycles. The molecule has 2 saturated carbocycles. The lowest BCUT2D eigenvalue weighted by Crippen LogP contribution is -2.29. The normalized spacial score (nSPS) is 37.9. The van der Waals surface area contributed by atoms with Crippen LogP contribution in [-0.4, -0.2) is 11.7 Å². The fraction of sp³-hybridized carbons (Fsp3) is 1.00. The molecular weight excluding hydrogens is 136 g/mol. The number of aliphatic hydroxyl groups is 1. The average Bonchev–Trinajstić information content (AvgIpc) is 1.81. The van der Waals surface area contributed by atoms with E-state index in [0.29, 0.717) is 12.5 Å². The molecule has 0 unspecified atom stereocenters. The zero-order chi connectivity index (χ0) is 7.68. The van der Waals surface area contributed by atoms with E-state index < -0.39 is 0 Å². The van der Waals surface area contributed by atoms with E-state index in [2.05, 4.69) is 0 Å². The van der Waals surface area contributed by atoms with Crippen molar-refractivity contribution in [2.75, 3.05) is 6.61 Å². The molecule has 0 amide bonds. The first-order valence-electron chi connectivity index (χ1n) is 4.99. The third-order valence-electron chi connectivity index (χ3n) is 3.48. The molecule has 1 heteroatoms. The molecule has 0 aromatic rings. The monoisotopic (exact) mass is 154 g/mol. The summed E-state index contributed by atoms with van der Waals surface area (Å²) in [5, 5.41) is 8.81. The molecule has 0 radical (unpaired) electrons. The van der Waals surface area contributed by atoms with Gasteiger partial charge in [0.1, 0.15) is 0 Å². The van der Waals surface area contributed by atoms with Gasteiger partial charge in [-0.2, -0.15) is 0 Å². The van der Waals surface area contributed by atoms with Crippen LogP contribution in [0.2, 0.25) is 0 Å². The van der Waals surface area contributed by atoms with Crippen LogP contribution in [0, 0.1) is 17.8 Å². The SMILES string of the molecule is OCC1CC(CC2CCC2)C1. The molecule has 0 bridgehead atoms. The summed E-state index contributed by atoms with van der Waals surface area (Å²) in [5.74, 6) is 2.72. The largest absolute Gasteiger partial charge is 0.396 e. The minimum atomic E-state index is 0.432. The van der Waals surface area contributed by atoms with E-state index in [-0.39, 0.29) is 0 Å². The predicted molar refractivity (Wildman–Crippen MR) is 45.3 cm³/mol. The van der Waals surface area contributed by atoms with Crippen molar-refractivity contribution in [1.82, 2.24) is 0 Å². The van der Waals surface area contributed by atoms with Crippen LogP contribution in [0.25, 0.3) is 0 Å². The lowest BCUT2D eigenvalue weighted by molar-refractivity contribution is 0.0793. The van der Waals surface area contributed by atoms with Crippen molar-refractivity contribution in [3.63, 3.8) is 0 Å². The predicted octanol–water partition coefficient (Wildman–Crippen LogP) is 2.20. The van der Waals surface area contributed by atoms with Gasteiger partial charge in [-0.3, -0.25) is 0 Å². The Bertz CT molecular complexity index is 123. The Morgan fingerprint density at radius 3 is 2.18 bits per heavy atom. The Balaban J connectivity index is 1.59. The highest BCUT2D eigenvalue weighted by Gasteiger charge is 2.31. The van der Waals surface area contributed by atoms with Gasteiger partial charge in [0.15, 0.2) is 0 Å². The van der Waals surface area contributed by atoms with Crippen molar-refractivity contribution in [1.29, 1.82) is 0 Å². The van der Waals surface area contributed by atoms with E-state index in [4.69, 9.17) is 5.11 Å². The highest BCUT2D eigenvalue weighted by Crippen LogP contribution is 2.42. The Labute approximate surface area is 68.8 Å². The molecule has 1 N–H and O–H groups in total. The Morgan fingerprint density at radius 2 is 1.73 bits per heavy atom. The van der Waals surface area contributed by atoms with Gasteiger partial charge in [-0.25, -0.2) is 0 Å². The lowest BCUT2D eigenvalue weighted by atomic mass is 9.68. The summed E-state index contributed by atoms with van der Waals surface area (Å²) in [5.41, 5.74) is 0. The van der Waals surface area contributed by atoms with Crippen LogP contribution in [0.4, 0.5) is 0 Å². The Morgan fingerprint density at radius 1 is 1.00 bits per heavy atom. The van der Waals surface area contributed by atoms with E-state index >= 15 is 0 Å². The minimum Gasteiger partial charge on any atom is -0.396 e. The van der Waals surface area contributed by atoms with E-state index in [1.165, 1.54) is 38.5 Å². The molecule has 0 heterocycles. The summed E-state index contributed by atoms with van der Waals surface area (Å²) >= 11 is 0. The van der Waals surface area contributed by atoms with Crippen LogP contribution < -0.4 is 0 Å². The molecule has 0 aliphatic heterocycles. The highest BCUT2D eigenvalue weighted by atomic mass is 16.3. The summed E-state index contributed by atoms with van der Waals surface area (Å²) in [4.78, 5) is 0. The number of rotatable bonds is 3. The maximum atomic E-state index is 8.81. The second kappa shape index (κ2) is 3.14. The number of hydrogen-bond donors (Lipinski definition) is 1. The van der Waals surface area contributed by atoms with Crippen molar-refractivity contribution >= 4 is 0 Å². The van der Waals surface area contributed by atoms with Gasteiger partial charge in [-0.05, 0) is 37.0 Å². The lowest BCUT2D eigenvalue weighted by Gasteiger charge is -2.38. The molecule has 0 atom stereocenters. The second-order valence-electron chi connectivity index (χ2n) is 4.42. The minimum absolute atomic E-state index is 0.432. The molecule has 64 valence electrons. The van der Waals surface area contributed by atoms with Gasteiger partial charge in [0, 0.05) is 6.61 Å². The topological polar surface area (TPSA) is 20.2 Å². The van der Waals surface area contributed by atoms with Crippen LogP contribution in [0.5, 0.6) is 0 Å². The standard InChI is InChI=1S/C10H18O/c11-7-10-5-9(6-10)4-8-2-1-3-8/h8-11H,1-7H2. The van der Waals surface area contributed by atoms with Crippen LogP contribution in [0.15, 0.2) is 0 Å². The Kier molecular flexibility index (Phi) is 2.17. The summed E-state index contributed by atoms with van der Waals surface area (Å²) < 4.78 is 0. The fourth-order valence-electron chi connectivity index (χ4n) is 2.42. The first-order chi connectivity index (χ1) is 5.38. The summed E-state index contributed by atoms with van der Waals surface area (Å²) in [6.07, 6.45) is 8.54. The van der Waals surface area contributed by atoms with Crippen LogP contribution in [0.3, 0.4) is 0 Å². The third-order valence-corrected chi connectivity index (χ3v) is 3.48. The molecule has 0 aromatic carbocycles. The van der Waals surface area contributed by atoms with E-state index in [9.17, 15) is 0 Å². The smallest absolute Gasteiger partial charge is 0.0459 e. The zero-order valence-corrected chi connectivity index (χ0v) is 7.13. The first kappa shape index (κ1) is 7.60. The summed E-state index contributed by atoms with van der Waals surface area (Å²) in [7, 11) is 0. The molecule has 2 fully saturated rings. The van der Waals surface area contributed by atoms with Gasteiger partial charge in [-0.15, -0.1) is 0 Å². The van der Waals surface area contributed by atoms with Crippen molar-refractivity contribution < 1.29 is 5.11 Å². The van der Waals surface area contributed by atoms with Crippen LogP contribution in [-0.2, 0) is 0 Å². The third kappa shape index (κ3) is 1.58. The van der Waals surface area contributed by atoms with Crippen molar-refractivity contribution in [3.05, 3.63) is 0 Å². The maximum absolute atomic E-state index is 8.81.